The molecule has 7 nitrogen and oxygen atoms in total. The minimum absolute atomic E-state index is 0.397. The standard InChI is InChI=1S/C24H25Cl2N5O2/c1-31(2)10-4-9-27-23-21(17-6-3-5-16(11-17)7-8-22(32)33)15-28-24(30-23)29-20-13-18(25)12-19(26)14-20/h3,5-8,11-15H,4,9-10H2,1-2H3,(H,32,33)(H2,27,28,29,30). The van der Waals surface area contributed by atoms with Gasteiger partial charge in [-0.25, -0.2) is 9.78 Å². The Bertz CT molecular complexity index is 1130. The van der Waals surface area contributed by atoms with Crippen molar-refractivity contribution in [2.45, 2.75) is 6.42 Å². The molecular formula is C24H25Cl2N5O2. The van der Waals surface area contributed by atoms with E-state index in [1.807, 2.05) is 38.4 Å². The van der Waals surface area contributed by atoms with Crippen molar-refractivity contribution < 1.29 is 9.90 Å². The molecule has 33 heavy (non-hydrogen) atoms. The first-order valence-corrected chi connectivity index (χ1v) is 11.1. The van der Waals surface area contributed by atoms with E-state index in [0.29, 0.717) is 27.5 Å². The van der Waals surface area contributed by atoms with Gasteiger partial charge in [0.1, 0.15) is 5.82 Å². The minimum Gasteiger partial charge on any atom is -0.478 e. The van der Waals surface area contributed by atoms with Crippen molar-refractivity contribution >= 4 is 52.7 Å². The number of hydrogen-bond acceptors (Lipinski definition) is 6. The molecule has 1 aromatic heterocycles. The lowest BCUT2D eigenvalue weighted by Crippen LogP contribution is -2.17. The molecule has 0 amide bonds. The molecule has 1 heterocycles. The number of nitrogens with one attached hydrogen (secondary N) is 2. The van der Waals surface area contributed by atoms with Gasteiger partial charge in [-0.3, -0.25) is 0 Å². The Kier molecular flexibility index (Phi) is 8.65. The molecule has 3 aromatic rings. The second-order valence-corrected chi connectivity index (χ2v) is 8.49. The van der Waals surface area contributed by atoms with Crippen LogP contribution in [0, 0.1) is 0 Å². The number of rotatable bonds is 10. The smallest absolute Gasteiger partial charge is 0.328 e. The lowest BCUT2D eigenvalue weighted by molar-refractivity contribution is -0.131. The van der Waals surface area contributed by atoms with Crippen molar-refractivity contribution in [1.82, 2.24) is 14.9 Å². The highest BCUT2D eigenvalue weighted by molar-refractivity contribution is 6.35. The molecule has 0 radical (unpaired) electrons. The normalized spacial score (nSPS) is 11.2. The molecule has 0 saturated carbocycles. The maximum Gasteiger partial charge on any atom is 0.328 e. The molecule has 0 aliphatic rings. The number of benzene rings is 2. The predicted molar refractivity (Wildman–Crippen MR) is 136 cm³/mol. The van der Waals surface area contributed by atoms with Gasteiger partial charge in [0.05, 0.1) is 0 Å². The van der Waals surface area contributed by atoms with Crippen LogP contribution in [0.1, 0.15) is 12.0 Å². The summed E-state index contributed by atoms with van der Waals surface area (Å²) in [7, 11) is 4.06. The lowest BCUT2D eigenvalue weighted by atomic mass is 10.0. The van der Waals surface area contributed by atoms with E-state index in [-0.39, 0.29) is 0 Å². The van der Waals surface area contributed by atoms with Crippen molar-refractivity contribution in [1.29, 1.82) is 0 Å². The fraction of sp³-hybridized carbons (Fsp3) is 0.208. The number of hydrogen-bond donors (Lipinski definition) is 3. The van der Waals surface area contributed by atoms with Gasteiger partial charge in [-0.2, -0.15) is 4.98 Å². The Balaban J connectivity index is 1.91. The zero-order chi connectivity index (χ0) is 23.8. The second-order valence-electron chi connectivity index (χ2n) is 7.62. The van der Waals surface area contributed by atoms with Crippen LogP contribution in [0.5, 0.6) is 0 Å². The molecule has 172 valence electrons. The zero-order valence-electron chi connectivity index (χ0n) is 18.3. The van der Waals surface area contributed by atoms with Crippen molar-refractivity contribution in [3.05, 3.63) is 70.3 Å². The first-order chi connectivity index (χ1) is 15.8. The lowest BCUT2D eigenvalue weighted by Gasteiger charge is -2.15. The van der Waals surface area contributed by atoms with Gasteiger partial charge in [-0.1, -0.05) is 41.4 Å². The molecule has 3 rings (SSSR count). The zero-order valence-corrected chi connectivity index (χ0v) is 19.9. The number of nitrogens with zero attached hydrogens (tertiary/aromatic N) is 3. The maximum atomic E-state index is 10.9. The van der Waals surface area contributed by atoms with E-state index in [9.17, 15) is 4.79 Å². The highest BCUT2D eigenvalue weighted by Gasteiger charge is 2.11. The van der Waals surface area contributed by atoms with E-state index in [0.717, 1.165) is 42.3 Å². The van der Waals surface area contributed by atoms with Crippen LogP contribution in [0.3, 0.4) is 0 Å². The molecule has 0 aliphatic carbocycles. The van der Waals surface area contributed by atoms with Gasteiger partial charge in [-0.05, 0) is 68.5 Å². The van der Waals surface area contributed by atoms with Gasteiger partial charge in [0.2, 0.25) is 5.95 Å². The van der Waals surface area contributed by atoms with E-state index >= 15 is 0 Å². The summed E-state index contributed by atoms with van der Waals surface area (Å²) < 4.78 is 0. The topological polar surface area (TPSA) is 90.4 Å². The number of aliphatic carboxylic acids is 1. The van der Waals surface area contributed by atoms with Crippen LogP contribution in [-0.2, 0) is 4.79 Å². The van der Waals surface area contributed by atoms with Crippen LogP contribution in [0.25, 0.3) is 17.2 Å². The number of carboxylic acid groups (broad SMARTS) is 1. The fourth-order valence-electron chi connectivity index (χ4n) is 3.12. The summed E-state index contributed by atoms with van der Waals surface area (Å²) in [6.45, 7) is 1.66. The van der Waals surface area contributed by atoms with Crippen molar-refractivity contribution in [2.75, 3.05) is 37.8 Å². The molecule has 0 saturated heterocycles. The molecular weight excluding hydrogens is 461 g/mol. The summed E-state index contributed by atoms with van der Waals surface area (Å²) in [5.74, 6) is 0.0661. The highest BCUT2D eigenvalue weighted by Crippen LogP contribution is 2.29. The molecule has 0 fully saturated rings. The molecule has 0 aliphatic heterocycles. The van der Waals surface area contributed by atoms with E-state index in [1.165, 1.54) is 0 Å². The second kappa shape index (κ2) is 11.7. The monoisotopic (exact) mass is 485 g/mol. The van der Waals surface area contributed by atoms with E-state index < -0.39 is 5.97 Å². The number of carboxylic acids is 1. The van der Waals surface area contributed by atoms with Gasteiger partial charge >= 0.3 is 5.97 Å². The SMILES string of the molecule is CN(C)CCCNc1nc(Nc2cc(Cl)cc(Cl)c2)ncc1-c1cccc(C=CC(=O)O)c1. The third-order valence-electron chi connectivity index (χ3n) is 4.60. The molecule has 0 unspecified atom stereocenters. The van der Waals surface area contributed by atoms with Crippen LogP contribution < -0.4 is 10.6 Å². The van der Waals surface area contributed by atoms with E-state index in [2.05, 4.69) is 25.5 Å². The molecule has 9 heteroatoms. The third kappa shape index (κ3) is 7.75. The van der Waals surface area contributed by atoms with Gasteiger partial charge in [-0.15, -0.1) is 0 Å². The average Bonchev–Trinajstić information content (AvgIpc) is 2.75. The molecule has 2 aromatic carbocycles. The Morgan fingerprint density at radius 3 is 2.61 bits per heavy atom. The van der Waals surface area contributed by atoms with Crippen LogP contribution >= 0.6 is 23.2 Å². The summed E-state index contributed by atoms with van der Waals surface area (Å²) in [6.07, 6.45) is 5.33. The summed E-state index contributed by atoms with van der Waals surface area (Å²) in [4.78, 5) is 22.1. The number of halogens is 2. The molecule has 0 bridgehead atoms. The fourth-order valence-corrected chi connectivity index (χ4v) is 3.65. The Morgan fingerprint density at radius 1 is 1.15 bits per heavy atom. The van der Waals surface area contributed by atoms with Gasteiger partial charge in [0.25, 0.3) is 0 Å². The average molecular weight is 486 g/mol. The quantitative estimate of drug-likeness (QED) is 0.252. The number of aromatic nitrogens is 2. The van der Waals surface area contributed by atoms with Crippen LogP contribution in [-0.4, -0.2) is 53.1 Å². The third-order valence-corrected chi connectivity index (χ3v) is 5.03. The summed E-state index contributed by atoms with van der Waals surface area (Å²) >= 11 is 12.2. The van der Waals surface area contributed by atoms with E-state index in [1.54, 1.807) is 30.5 Å². The van der Waals surface area contributed by atoms with Crippen molar-refractivity contribution in [3.63, 3.8) is 0 Å². The van der Waals surface area contributed by atoms with Crippen LogP contribution in [0.4, 0.5) is 17.5 Å². The van der Waals surface area contributed by atoms with Gasteiger partial charge in [0.15, 0.2) is 0 Å². The Morgan fingerprint density at radius 2 is 1.91 bits per heavy atom. The summed E-state index contributed by atoms with van der Waals surface area (Å²) in [6, 6.07) is 12.7. The number of carbonyl (C=O) groups is 1. The molecule has 0 spiro atoms. The largest absolute Gasteiger partial charge is 0.478 e. The molecule has 3 N–H and O–H groups in total. The van der Waals surface area contributed by atoms with Crippen molar-refractivity contribution in [3.8, 4) is 11.1 Å². The van der Waals surface area contributed by atoms with Gasteiger partial charge in [0, 0.05) is 40.1 Å². The first kappa shape index (κ1) is 24.5. The maximum absolute atomic E-state index is 10.9. The highest BCUT2D eigenvalue weighted by atomic mass is 35.5. The summed E-state index contributed by atoms with van der Waals surface area (Å²) in [5, 5.41) is 16.5. The Labute approximate surface area is 203 Å². The van der Waals surface area contributed by atoms with Gasteiger partial charge < -0.3 is 20.6 Å². The summed E-state index contributed by atoms with van der Waals surface area (Å²) in [5.41, 5.74) is 3.12. The molecule has 0 atom stereocenters. The Hall–Kier alpha value is -3.13. The predicted octanol–water partition coefficient (Wildman–Crippen LogP) is 5.66. The van der Waals surface area contributed by atoms with Crippen molar-refractivity contribution in [2.24, 2.45) is 0 Å². The minimum atomic E-state index is -0.997. The number of anilines is 3. The van der Waals surface area contributed by atoms with E-state index in [4.69, 9.17) is 28.3 Å². The first-order valence-electron chi connectivity index (χ1n) is 10.3. The van der Waals surface area contributed by atoms with Crippen LogP contribution in [0.15, 0.2) is 54.7 Å². The van der Waals surface area contributed by atoms with Crippen LogP contribution in [0.2, 0.25) is 10.0 Å².